The summed E-state index contributed by atoms with van der Waals surface area (Å²) in [5.41, 5.74) is 0.427. The molecule has 0 unspecified atom stereocenters. The molecule has 0 amide bonds. The van der Waals surface area contributed by atoms with Gasteiger partial charge < -0.3 is 5.11 Å². The average molecular weight is 314 g/mol. The monoisotopic (exact) mass is 314 g/mol. The molecule has 0 radical (unpaired) electrons. The van der Waals surface area contributed by atoms with Crippen LogP contribution in [-0.2, 0) is 17.8 Å². The van der Waals surface area contributed by atoms with E-state index >= 15 is 0 Å². The van der Waals surface area contributed by atoms with Crippen molar-refractivity contribution in [2.24, 2.45) is 0 Å². The van der Waals surface area contributed by atoms with Crippen LogP contribution in [0.5, 0.6) is 0 Å². The normalized spacial score (nSPS) is 11.0. The van der Waals surface area contributed by atoms with Crippen LogP contribution in [0.15, 0.2) is 41.2 Å². The molecule has 112 valence electrons. The van der Waals surface area contributed by atoms with Crippen LogP contribution < -0.4 is 5.56 Å². The van der Waals surface area contributed by atoms with Crippen LogP contribution in [-0.4, -0.2) is 20.6 Å². The van der Waals surface area contributed by atoms with Crippen molar-refractivity contribution in [1.29, 1.82) is 0 Å². The van der Waals surface area contributed by atoms with Gasteiger partial charge in [0.1, 0.15) is 17.2 Å². The third kappa shape index (κ3) is 2.53. The molecule has 3 rings (SSSR count). The molecule has 0 aliphatic heterocycles. The second kappa shape index (κ2) is 5.73. The van der Waals surface area contributed by atoms with Crippen molar-refractivity contribution in [3.05, 3.63) is 51.6 Å². The SMILES string of the molecule is CCc1cc2c(=O)n(CC(=O)O)c(-c3ccccc3)nc2s1. The summed E-state index contributed by atoms with van der Waals surface area (Å²) < 4.78 is 1.23. The standard InChI is InChI=1S/C16H14N2O3S/c1-2-11-8-12-15(22-11)17-14(10-6-4-3-5-7-10)18(16(12)21)9-13(19)20/h3-8H,2,9H2,1H3,(H,19,20). The lowest BCUT2D eigenvalue weighted by atomic mass is 10.2. The Morgan fingerprint density at radius 2 is 2.05 bits per heavy atom. The van der Waals surface area contributed by atoms with Gasteiger partial charge in [-0.05, 0) is 12.5 Å². The summed E-state index contributed by atoms with van der Waals surface area (Å²) in [7, 11) is 0. The van der Waals surface area contributed by atoms with Crippen LogP contribution in [0.2, 0.25) is 0 Å². The highest BCUT2D eigenvalue weighted by Gasteiger charge is 2.16. The van der Waals surface area contributed by atoms with E-state index in [4.69, 9.17) is 5.11 Å². The Bertz CT molecular complexity index is 897. The highest BCUT2D eigenvalue weighted by atomic mass is 32.1. The van der Waals surface area contributed by atoms with Gasteiger partial charge in [-0.1, -0.05) is 37.3 Å². The highest BCUT2D eigenvalue weighted by Crippen LogP contribution is 2.25. The van der Waals surface area contributed by atoms with E-state index < -0.39 is 12.5 Å². The zero-order valence-corrected chi connectivity index (χ0v) is 12.8. The van der Waals surface area contributed by atoms with Gasteiger partial charge >= 0.3 is 5.97 Å². The molecule has 6 heteroatoms. The fourth-order valence-corrected chi connectivity index (χ4v) is 3.29. The molecule has 3 aromatic rings. The largest absolute Gasteiger partial charge is 0.480 e. The molecule has 2 heterocycles. The van der Waals surface area contributed by atoms with Crippen molar-refractivity contribution in [2.45, 2.75) is 19.9 Å². The predicted molar refractivity (Wildman–Crippen MR) is 86.3 cm³/mol. The summed E-state index contributed by atoms with van der Waals surface area (Å²) in [5, 5.41) is 9.59. The van der Waals surface area contributed by atoms with Crippen LogP contribution in [0.1, 0.15) is 11.8 Å². The fraction of sp³-hybridized carbons (Fsp3) is 0.188. The zero-order chi connectivity index (χ0) is 15.7. The number of benzene rings is 1. The molecular formula is C16H14N2O3S. The molecule has 2 aromatic heterocycles. The molecule has 0 fully saturated rings. The van der Waals surface area contributed by atoms with E-state index in [0.717, 1.165) is 16.9 Å². The van der Waals surface area contributed by atoms with Crippen LogP contribution in [0.3, 0.4) is 0 Å². The summed E-state index contributed by atoms with van der Waals surface area (Å²) in [6.07, 6.45) is 0.820. The number of carbonyl (C=O) groups is 1. The van der Waals surface area contributed by atoms with Crippen molar-refractivity contribution < 1.29 is 9.90 Å². The second-order valence-corrected chi connectivity index (χ2v) is 5.99. The van der Waals surface area contributed by atoms with Crippen LogP contribution in [0, 0.1) is 0 Å². The topological polar surface area (TPSA) is 72.2 Å². The average Bonchev–Trinajstić information content (AvgIpc) is 2.94. The molecule has 22 heavy (non-hydrogen) atoms. The molecule has 0 atom stereocenters. The fourth-order valence-electron chi connectivity index (χ4n) is 2.33. The first-order valence-electron chi connectivity index (χ1n) is 6.90. The number of nitrogens with zero attached hydrogens (tertiary/aromatic N) is 2. The lowest BCUT2D eigenvalue weighted by Crippen LogP contribution is -2.26. The number of carboxylic acid groups (broad SMARTS) is 1. The maximum absolute atomic E-state index is 12.7. The quantitative estimate of drug-likeness (QED) is 0.803. The molecule has 0 saturated heterocycles. The number of hydrogen-bond donors (Lipinski definition) is 1. The molecule has 5 nitrogen and oxygen atoms in total. The maximum atomic E-state index is 12.7. The van der Waals surface area contributed by atoms with Gasteiger partial charge in [0.25, 0.3) is 5.56 Å². The number of carboxylic acids is 1. The summed E-state index contributed by atoms with van der Waals surface area (Å²) >= 11 is 1.48. The Hall–Kier alpha value is -2.47. The minimum absolute atomic E-state index is 0.304. The van der Waals surface area contributed by atoms with E-state index in [2.05, 4.69) is 4.98 Å². The second-order valence-electron chi connectivity index (χ2n) is 4.87. The first-order valence-corrected chi connectivity index (χ1v) is 7.72. The van der Waals surface area contributed by atoms with E-state index in [1.54, 1.807) is 0 Å². The van der Waals surface area contributed by atoms with E-state index in [-0.39, 0.29) is 5.56 Å². The molecule has 1 N–H and O–H groups in total. The number of fused-ring (bicyclic) bond motifs is 1. The van der Waals surface area contributed by atoms with Gasteiger partial charge in [0, 0.05) is 10.4 Å². The minimum atomic E-state index is -1.06. The predicted octanol–water partition coefficient (Wildman–Crippen LogP) is 2.77. The van der Waals surface area contributed by atoms with E-state index in [0.29, 0.717) is 16.0 Å². The lowest BCUT2D eigenvalue weighted by molar-refractivity contribution is -0.137. The Morgan fingerprint density at radius 1 is 1.32 bits per heavy atom. The molecule has 1 aromatic carbocycles. The van der Waals surface area contributed by atoms with Crippen molar-refractivity contribution in [1.82, 2.24) is 9.55 Å². The van der Waals surface area contributed by atoms with Gasteiger partial charge in [-0.25, -0.2) is 4.98 Å². The Kier molecular flexibility index (Phi) is 3.77. The molecule has 0 bridgehead atoms. The highest BCUT2D eigenvalue weighted by molar-refractivity contribution is 7.18. The van der Waals surface area contributed by atoms with E-state index in [1.807, 2.05) is 43.3 Å². The Labute approximate surface area is 130 Å². The minimum Gasteiger partial charge on any atom is -0.480 e. The first-order chi connectivity index (χ1) is 10.6. The van der Waals surface area contributed by atoms with E-state index in [1.165, 1.54) is 15.9 Å². The smallest absolute Gasteiger partial charge is 0.323 e. The lowest BCUT2D eigenvalue weighted by Gasteiger charge is -2.10. The number of hydrogen-bond acceptors (Lipinski definition) is 4. The number of aryl methyl sites for hydroxylation is 1. The Balaban J connectivity index is 2.33. The third-order valence-corrected chi connectivity index (χ3v) is 4.55. The van der Waals surface area contributed by atoms with Crippen molar-refractivity contribution in [3.63, 3.8) is 0 Å². The van der Waals surface area contributed by atoms with Gasteiger partial charge in [-0.3, -0.25) is 14.2 Å². The van der Waals surface area contributed by atoms with Crippen LogP contribution in [0.4, 0.5) is 0 Å². The van der Waals surface area contributed by atoms with Crippen molar-refractivity contribution in [2.75, 3.05) is 0 Å². The van der Waals surface area contributed by atoms with Gasteiger partial charge in [-0.2, -0.15) is 0 Å². The molecule has 0 saturated carbocycles. The number of rotatable bonds is 4. The molecular weight excluding hydrogens is 300 g/mol. The van der Waals surface area contributed by atoms with Crippen LogP contribution >= 0.6 is 11.3 Å². The summed E-state index contributed by atoms with van der Waals surface area (Å²) in [6, 6.07) is 11.0. The molecule has 0 spiro atoms. The van der Waals surface area contributed by atoms with Gasteiger partial charge in [-0.15, -0.1) is 11.3 Å². The molecule has 0 aliphatic rings. The van der Waals surface area contributed by atoms with Crippen molar-refractivity contribution in [3.8, 4) is 11.4 Å². The van der Waals surface area contributed by atoms with Gasteiger partial charge in [0.05, 0.1) is 5.39 Å². The number of aliphatic carboxylic acids is 1. The third-order valence-electron chi connectivity index (χ3n) is 3.38. The van der Waals surface area contributed by atoms with Gasteiger partial charge in [0.15, 0.2) is 0 Å². The maximum Gasteiger partial charge on any atom is 0.323 e. The number of thiophene rings is 1. The summed E-state index contributed by atoms with van der Waals surface area (Å²) in [4.78, 5) is 30.0. The summed E-state index contributed by atoms with van der Waals surface area (Å²) in [6.45, 7) is 1.61. The van der Waals surface area contributed by atoms with Crippen molar-refractivity contribution >= 4 is 27.5 Å². The first kappa shape index (κ1) is 14.5. The summed E-state index contributed by atoms with van der Waals surface area (Å²) in [5.74, 6) is -0.670. The van der Waals surface area contributed by atoms with Gasteiger partial charge in [0.2, 0.25) is 0 Å². The van der Waals surface area contributed by atoms with Crippen LogP contribution in [0.25, 0.3) is 21.6 Å². The zero-order valence-electron chi connectivity index (χ0n) is 11.9. The van der Waals surface area contributed by atoms with E-state index in [9.17, 15) is 9.59 Å². The Morgan fingerprint density at radius 3 is 2.68 bits per heavy atom. The molecule has 0 aliphatic carbocycles. The number of aromatic nitrogens is 2.